The fraction of sp³-hybridized carbons (Fsp3) is 0.364. The second kappa shape index (κ2) is 10.0. The largest absolute Gasteiger partial charge is 0.486 e. The van der Waals surface area contributed by atoms with Crippen LogP contribution >= 0.6 is 0 Å². The number of sulfonamides is 1. The summed E-state index contributed by atoms with van der Waals surface area (Å²) in [7, 11) is -4.06. The molecule has 0 radical (unpaired) electrons. The average Bonchev–Trinajstić information content (AvgIpc) is 2.77. The monoisotopic (exact) mass is 462 g/mol. The third-order valence-electron chi connectivity index (χ3n) is 4.71. The third-order valence-corrected chi connectivity index (χ3v) is 6.15. The van der Waals surface area contributed by atoms with Crippen molar-refractivity contribution in [2.45, 2.75) is 31.7 Å². The minimum atomic E-state index is -4.06. The van der Waals surface area contributed by atoms with Gasteiger partial charge in [0.05, 0.1) is 4.90 Å². The molecule has 9 nitrogen and oxygen atoms in total. The Balaban J connectivity index is 1.63. The Hall–Kier alpha value is -3.11. The van der Waals surface area contributed by atoms with Gasteiger partial charge in [0.25, 0.3) is 5.91 Å². The minimum Gasteiger partial charge on any atom is -0.486 e. The summed E-state index contributed by atoms with van der Waals surface area (Å²) < 4.78 is 44.0. The second-order valence-corrected chi connectivity index (χ2v) is 9.38. The molecule has 1 aliphatic heterocycles. The van der Waals surface area contributed by atoms with Gasteiger partial charge in [0.2, 0.25) is 10.0 Å². The number of amides is 1. The van der Waals surface area contributed by atoms with Crippen LogP contribution < -0.4 is 19.5 Å². The second-order valence-electron chi connectivity index (χ2n) is 7.67. The van der Waals surface area contributed by atoms with Gasteiger partial charge in [-0.2, -0.15) is 4.72 Å². The van der Waals surface area contributed by atoms with Crippen molar-refractivity contribution in [2.24, 2.45) is 5.92 Å². The first-order valence-electron chi connectivity index (χ1n) is 10.1. The molecule has 0 fully saturated rings. The van der Waals surface area contributed by atoms with Crippen molar-refractivity contribution < 1.29 is 32.2 Å². The number of ether oxygens (including phenoxy) is 3. The predicted molar refractivity (Wildman–Crippen MR) is 117 cm³/mol. The number of esters is 1. The number of rotatable bonds is 8. The first-order valence-corrected chi connectivity index (χ1v) is 11.6. The molecule has 2 N–H and O–H groups in total. The lowest BCUT2D eigenvalue weighted by Gasteiger charge is -2.22. The number of anilines is 1. The molecule has 32 heavy (non-hydrogen) atoms. The molecular weight excluding hydrogens is 436 g/mol. The number of hydrogen-bond acceptors (Lipinski definition) is 7. The van der Waals surface area contributed by atoms with Crippen molar-refractivity contribution in [2.75, 3.05) is 25.1 Å². The van der Waals surface area contributed by atoms with Crippen LogP contribution in [0.15, 0.2) is 47.4 Å². The highest BCUT2D eigenvalue weighted by Crippen LogP contribution is 2.32. The maximum Gasteiger partial charge on any atom is 0.324 e. The molecule has 0 saturated carbocycles. The van der Waals surface area contributed by atoms with Gasteiger partial charge in [-0.25, -0.2) is 8.42 Å². The standard InChI is InChI=1S/C22H26N2O7S/c1-14(2)21(22(26)31-13-20(25)23-16-6-4-15(3)5-7-16)24-32(27,28)17-8-9-18-19(12-17)30-11-10-29-18/h4-9,12,14,21,24H,10-11,13H2,1-3H3,(H,23,25)/t21-/m0/s1. The summed E-state index contributed by atoms with van der Waals surface area (Å²) in [5.41, 5.74) is 1.61. The number of carbonyl (C=O) groups excluding carboxylic acids is 2. The van der Waals surface area contributed by atoms with Gasteiger partial charge in [-0.3, -0.25) is 9.59 Å². The van der Waals surface area contributed by atoms with Crippen molar-refractivity contribution in [3.63, 3.8) is 0 Å². The molecule has 10 heteroatoms. The zero-order chi connectivity index (χ0) is 23.3. The van der Waals surface area contributed by atoms with Crippen molar-refractivity contribution in [1.82, 2.24) is 4.72 Å². The fourth-order valence-corrected chi connectivity index (χ4v) is 4.29. The zero-order valence-corrected chi connectivity index (χ0v) is 18.9. The maximum absolute atomic E-state index is 12.8. The lowest BCUT2D eigenvalue weighted by molar-refractivity contribution is -0.150. The molecular formula is C22H26N2O7S. The van der Waals surface area contributed by atoms with E-state index in [-0.39, 0.29) is 4.90 Å². The molecule has 3 rings (SSSR count). The molecule has 1 aliphatic rings. The van der Waals surface area contributed by atoms with E-state index in [1.54, 1.807) is 26.0 Å². The first-order chi connectivity index (χ1) is 15.2. The number of benzene rings is 2. The molecule has 0 aromatic heterocycles. The quantitative estimate of drug-likeness (QED) is 0.577. The van der Waals surface area contributed by atoms with Gasteiger partial charge in [0.1, 0.15) is 19.3 Å². The Morgan fingerprint density at radius 3 is 2.34 bits per heavy atom. The predicted octanol–water partition coefficient (Wildman–Crippen LogP) is 2.25. The van der Waals surface area contributed by atoms with Gasteiger partial charge in [-0.15, -0.1) is 0 Å². The molecule has 2 aromatic carbocycles. The highest BCUT2D eigenvalue weighted by atomic mass is 32.2. The van der Waals surface area contributed by atoms with Crippen LogP contribution in [0.25, 0.3) is 0 Å². The van der Waals surface area contributed by atoms with E-state index in [1.165, 1.54) is 18.2 Å². The topological polar surface area (TPSA) is 120 Å². The van der Waals surface area contributed by atoms with Crippen molar-refractivity contribution in [3.05, 3.63) is 48.0 Å². The fourth-order valence-electron chi connectivity index (χ4n) is 2.94. The molecule has 0 spiro atoms. The van der Waals surface area contributed by atoms with Gasteiger partial charge in [-0.1, -0.05) is 31.5 Å². The van der Waals surface area contributed by atoms with E-state index in [9.17, 15) is 18.0 Å². The van der Waals surface area contributed by atoms with E-state index in [4.69, 9.17) is 14.2 Å². The molecule has 0 bridgehead atoms. The van der Waals surface area contributed by atoms with Crippen LogP contribution in [0.4, 0.5) is 5.69 Å². The van der Waals surface area contributed by atoms with Crippen LogP contribution in [-0.2, 0) is 24.3 Å². The molecule has 172 valence electrons. The normalized spacial score (nSPS) is 14.0. The van der Waals surface area contributed by atoms with Crippen molar-refractivity contribution >= 4 is 27.6 Å². The summed E-state index contributed by atoms with van der Waals surface area (Å²) in [6.07, 6.45) is 0. The highest BCUT2D eigenvalue weighted by molar-refractivity contribution is 7.89. The lowest BCUT2D eigenvalue weighted by Crippen LogP contribution is -2.45. The molecule has 0 unspecified atom stereocenters. The Morgan fingerprint density at radius 1 is 1.03 bits per heavy atom. The van der Waals surface area contributed by atoms with Crippen molar-refractivity contribution in [3.8, 4) is 11.5 Å². The lowest BCUT2D eigenvalue weighted by atomic mass is 10.1. The Bertz CT molecular complexity index is 1080. The van der Waals surface area contributed by atoms with Gasteiger partial charge >= 0.3 is 5.97 Å². The summed E-state index contributed by atoms with van der Waals surface area (Å²) in [6, 6.07) is 10.2. The van der Waals surface area contributed by atoms with Crippen LogP contribution in [-0.4, -0.2) is 46.2 Å². The SMILES string of the molecule is Cc1ccc(NC(=O)COC(=O)[C@@H](NS(=O)(=O)c2ccc3c(c2)OCCO3)C(C)C)cc1. The molecule has 2 aromatic rings. The van der Waals surface area contributed by atoms with Crippen LogP contribution in [0.3, 0.4) is 0 Å². The van der Waals surface area contributed by atoms with E-state index in [0.29, 0.717) is 30.4 Å². The Labute approximate surface area is 187 Å². The molecule has 1 amide bonds. The summed E-state index contributed by atoms with van der Waals surface area (Å²) in [5, 5.41) is 2.62. The number of nitrogens with one attached hydrogen (secondary N) is 2. The number of aryl methyl sites for hydroxylation is 1. The molecule has 0 saturated heterocycles. The van der Waals surface area contributed by atoms with Gasteiger partial charge in [0.15, 0.2) is 18.1 Å². The van der Waals surface area contributed by atoms with Gasteiger partial charge in [0, 0.05) is 11.8 Å². The Kier molecular flexibility index (Phi) is 7.37. The zero-order valence-electron chi connectivity index (χ0n) is 18.1. The van der Waals surface area contributed by atoms with Crippen LogP contribution in [0.2, 0.25) is 0 Å². The van der Waals surface area contributed by atoms with Crippen LogP contribution in [0.1, 0.15) is 19.4 Å². The van der Waals surface area contributed by atoms with E-state index >= 15 is 0 Å². The molecule has 0 aliphatic carbocycles. The van der Waals surface area contributed by atoms with E-state index in [2.05, 4.69) is 10.0 Å². The Morgan fingerprint density at radius 2 is 1.69 bits per heavy atom. The number of hydrogen-bond donors (Lipinski definition) is 2. The maximum atomic E-state index is 12.8. The number of carbonyl (C=O) groups is 2. The minimum absolute atomic E-state index is 0.0719. The summed E-state index contributed by atoms with van der Waals surface area (Å²) in [4.78, 5) is 24.6. The van der Waals surface area contributed by atoms with E-state index in [1.807, 2.05) is 19.1 Å². The summed E-state index contributed by atoms with van der Waals surface area (Å²) in [5.74, 6) is -1.03. The van der Waals surface area contributed by atoms with Crippen molar-refractivity contribution in [1.29, 1.82) is 0 Å². The summed E-state index contributed by atoms with van der Waals surface area (Å²) >= 11 is 0. The van der Waals surface area contributed by atoms with E-state index < -0.39 is 40.5 Å². The van der Waals surface area contributed by atoms with Gasteiger partial charge in [-0.05, 0) is 37.1 Å². The molecule has 1 atom stereocenters. The first kappa shape index (κ1) is 23.6. The average molecular weight is 463 g/mol. The van der Waals surface area contributed by atoms with E-state index in [0.717, 1.165) is 5.56 Å². The highest BCUT2D eigenvalue weighted by Gasteiger charge is 2.31. The number of fused-ring (bicyclic) bond motifs is 1. The molecule has 1 heterocycles. The summed E-state index contributed by atoms with van der Waals surface area (Å²) in [6.45, 7) is 5.42. The third kappa shape index (κ3) is 5.98. The smallest absolute Gasteiger partial charge is 0.324 e. The van der Waals surface area contributed by atoms with Gasteiger partial charge < -0.3 is 19.5 Å². The van der Waals surface area contributed by atoms with Crippen LogP contribution in [0.5, 0.6) is 11.5 Å². The van der Waals surface area contributed by atoms with Crippen LogP contribution in [0, 0.1) is 12.8 Å².